The zero-order valence-corrected chi connectivity index (χ0v) is 22.8. The average molecular weight is 539 g/mol. The Morgan fingerprint density at radius 3 is 1.83 bits per heavy atom. The predicted molar refractivity (Wildman–Crippen MR) is 175 cm³/mol. The molecule has 0 spiro atoms. The molecule has 0 saturated heterocycles. The number of benzene rings is 6. The lowest BCUT2D eigenvalue weighted by molar-refractivity contribution is 0.669. The van der Waals surface area contributed by atoms with Gasteiger partial charge in [-0.25, -0.2) is 0 Å². The first-order valence-corrected chi connectivity index (χ1v) is 14.1. The molecular weight excluding hydrogens is 512 g/mol. The number of anilines is 3. The minimum Gasteiger partial charge on any atom is -0.452 e. The summed E-state index contributed by atoms with van der Waals surface area (Å²) in [5.41, 5.74) is 10.2. The third-order valence-electron chi connectivity index (χ3n) is 7.88. The van der Waals surface area contributed by atoms with Crippen LogP contribution in [0.2, 0.25) is 0 Å². The highest BCUT2D eigenvalue weighted by Gasteiger charge is 2.21. The molecule has 3 heteroatoms. The molecule has 3 nitrogen and oxygen atoms in total. The number of aromatic nitrogens is 1. The second-order valence-electron chi connectivity index (χ2n) is 10.5. The maximum absolute atomic E-state index is 6.62. The van der Waals surface area contributed by atoms with Crippen molar-refractivity contribution in [3.63, 3.8) is 0 Å². The van der Waals surface area contributed by atoms with E-state index < -0.39 is 0 Å². The van der Waals surface area contributed by atoms with Crippen molar-refractivity contribution in [3.8, 4) is 22.3 Å². The molecule has 2 aromatic heterocycles. The van der Waals surface area contributed by atoms with E-state index in [1.807, 2.05) is 24.4 Å². The molecule has 0 radical (unpaired) electrons. The molecular formula is C39H26N2O. The Morgan fingerprint density at radius 2 is 1.10 bits per heavy atom. The highest BCUT2D eigenvalue weighted by molar-refractivity contribution is 6.11. The van der Waals surface area contributed by atoms with Crippen molar-refractivity contribution < 1.29 is 4.42 Å². The van der Waals surface area contributed by atoms with Gasteiger partial charge in [0.1, 0.15) is 11.1 Å². The number of nitrogens with zero attached hydrogens (tertiary/aromatic N) is 2. The first-order valence-electron chi connectivity index (χ1n) is 14.1. The van der Waals surface area contributed by atoms with Gasteiger partial charge in [-0.15, -0.1) is 0 Å². The first kappa shape index (κ1) is 24.2. The molecule has 198 valence electrons. The van der Waals surface area contributed by atoms with Crippen LogP contribution >= 0.6 is 0 Å². The van der Waals surface area contributed by atoms with E-state index in [1.165, 1.54) is 22.1 Å². The SMILES string of the molecule is c1ccc(-c2ccc(N(c3cccc(-c4ccccc4)c3)c3ccnc4c3oc3cc5ccccc5cc34)cc2)cc1. The molecule has 0 aliphatic carbocycles. The molecule has 0 aliphatic heterocycles. The number of rotatable bonds is 5. The van der Waals surface area contributed by atoms with E-state index in [9.17, 15) is 0 Å². The Balaban J connectivity index is 1.34. The van der Waals surface area contributed by atoms with Crippen molar-refractivity contribution in [3.05, 3.63) is 158 Å². The lowest BCUT2D eigenvalue weighted by Gasteiger charge is -2.26. The standard InChI is InChI=1S/C39H26N2O/c1-3-10-27(11-4-1)29-18-20-33(21-19-29)41(34-17-9-16-30(24-34)28-12-5-2-6-13-28)36-22-23-40-38-35-25-31-14-7-8-15-32(31)26-37(35)42-39(36)38/h1-26H. The highest BCUT2D eigenvalue weighted by atomic mass is 16.3. The average Bonchev–Trinajstić information content (AvgIpc) is 3.43. The van der Waals surface area contributed by atoms with Crippen molar-refractivity contribution in [2.24, 2.45) is 0 Å². The molecule has 0 aliphatic rings. The fourth-order valence-corrected chi connectivity index (χ4v) is 5.82. The van der Waals surface area contributed by atoms with E-state index in [2.05, 4.69) is 138 Å². The zero-order chi connectivity index (χ0) is 27.9. The molecule has 42 heavy (non-hydrogen) atoms. The van der Waals surface area contributed by atoms with Crippen LogP contribution in [0.15, 0.2) is 162 Å². The number of hydrogen-bond donors (Lipinski definition) is 0. The van der Waals surface area contributed by atoms with Gasteiger partial charge in [-0.3, -0.25) is 4.98 Å². The maximum atomic E-state index is 6.62. The summed E-state index contributed by atoms with van der Waals surface area (Å²) in [5, 5.41) is 3.33. The summed E-state index contributed by atoms with van der Waals surface area (Å²) in [4.78, 5) is 7.08. The van der Waals surface area contributed by atoms with E-state index >= 15 is 0 Å². The number of fused-ring (bicyclic) bond motifs is 4. The summed E-state index contributed by atoms with van der Waals surface area (Å²) in [6, 6.07) is 53.1. The summed E-state index contributed by atoms with van der Waals surface area (Å²) in [6.07, 6.45) is 1.88. The van der Waals surface area contributed by atoms with Gasteiger partial charge < -0.3 is 9.32 Å². The second kappa shape index (κ2) is 10.1. The summed E-state index contributed by atoms with van der Waals surface area (Å²) in [5.74, 6) is 0. The molecule has 0 fully saturated rings. The van der Waals surface area contributed by atoms with Gasteiger partial charge >= 0.3 is 0 Å². The Morgan fingerprint density at radius 1 is 0.476 bits per heavy atom. The summed E-state index contributed by atoms with van der Waals surface area (Å²) >= 11 is 0. The van der Waals surface area contributed by atoms with E-state index in [1.54, 1.807) is 0 Å². The van der Waals surface area contributed by atoms with Crippen LogP contribution in [0.25, 0.3) is 55.1 Å². The van der Waals surface area contributed by atoms with Crippen molar-refractivity contribution in [2.75, 3.05) is 4.90 Å². The van der Waals surface area contributed by atoms with Crippen LogP contribution in [0.4, 0.5) is 17.1 Å². The molecule has 0 N–H and O–H groups in total. The third-order valence-corrected chi connectivity index (χ3v) is 7.88. The second-order valence-corrected chi connectivity index (χ2v) is 10.5. The van der Waals surface area contributed by atoms with E-state index in [4.69, 9.17) is 9.40 Å². The molecule has 0 saturated carbocycles. The van der Waals surface area contributed by atoms with E-state index in [0.29, 0.717) is 0 Å². The minimum absolute atomic E-state index is 0.764. The summed E-state index contributed by atoms with van der Waals surface area (Å²) < 4.78 is 6.62. The molecule has 8 rings (SSSR count). The van der Waals surface area contributed by atoms with Crippen LogP contribution < -0.4 is 4.90 Å². The van der Waals surface area contributed by atoms with Gasteiger partial charge in [0.15, 0.2) is 5.58 Å². The molecule has 0 atom stereocenters. The lowest BCUT2D eigenvalue weighted by Crippen LogP contribution is -2.10. The van der Waals surface area contributed by atoms with Gasteiger partial charge in [-0.1, -0.05) is 109 Å². The molecule has 0 amide bonds. The summed E-state index contributed by atoms with van der Waals surface area (Å²) in [7, 11) is 0. The Kier molecular flexibility index (Phi) is 5.79. The van der Waals surface area contributed by atoms with Crippen LogP contribution in [0.5, 0.6) is 0 Å². The highest BCUT2D eigenvalue weighted by Crippen LogP contribution is 2.43. The Hall–Kier alpha value is -5.67. The zero-order valence-electron chi connectivity index (χ0n) is 22.8. The van der Waals surface area contributed by atoms with Crippen molar-refractivity contribution in [1.29, 1.82) is 0 Å². The fraction of sp³-hybridized carbons (Fsp3) is 0. The van der Waals surface area contributed by atoms with Crippen molar-refractivity contribution in [1.82, 2.24) is 4.98 Å². The lowest BCUT2D eigenvalue weighted by atomic mass is 10.0. The van der Waals surface area contributed by atoms with Gasteiger partial charge in [0.05, 0.1) is 5.69 Å². The number of hydrogen-bond acceptors (Lipinski definition) is 3. The molecule has 0 bridgehead atoms. The smallest absolute Gasteiger partial charge is 0.177 e. The third kappa shape index (κ3) is 4.20. The van der Waals surface area contributed by atoms with Crippen molar-refractivity contribution in [2.45, 2.75) is 0 Å². The van der Waals surface area contributed by atoms with Crippen LogP contribution in [-0.2, 0) is 0 Å². The molecule has 0 unspecified atom stereocenters. The maximum Gasteiger partial charge on any atom is 0.177 e. The van der Waals surface area contributed by atoms with Gasteiger partial charge in [0.2, 0.25) is 0 Å². The van der Waals surface area contributed by atoms with E-state index in [-0.39, 0.29) is 0 Å². The number of pyridine rings is 1. The topological polar surface area (TPSA) is 29.3 Å². The van der Waals surface area contributed by atoms with Crippen LogP contribution in [-0.4, -0.2) is 4.98 Å². The van der Waals surface area contributed by atoms with E-state index in [0.717, 1.165) is 50.1 Å². The Bertz CT molecular complexity index is 2180. The number of furan rings is 1. The van der Waals surface area contributed by atoms with Gasteiger partial charge in [-0.2, -0.15) is 0 Å². The minimum atomic E-state index is 0.764. The van der Waals surface area contributed by atoms with Gasteiger partial charge in [-0.05, 0) is 75.5 Å². The van der Waals surface area contributed by atoms with Crippen LogP contribution in [0, 0.1) is 0 Å². The fourth-order valence-electron chi connectivity index (χ4n) is 5.82. The monoisotopic (exact) mass is 538 g/mol. The Labute approximate surface area is 243 Å². The quantitative estimate of drug-likeness (QED) is 0.218. The molecule has 6 aromatic carbocycles. The van der Waals surface area contributed by atoms with Gasteiger partial charge in [0, 0.05) is 23.0 Å². The van der Waals surface area contributed by atoms with Gasteiger partial charge in [0.25, 0.3) is 0 Å². The summed E-state index contributed by atoms with van der Waals surface area (Å²) in [6.45, 7) is 0. The predicted octanol–water partition coefficient (Wildman–Crippen LogP) is 10.9. The normalized spacial score (nSPS) is 11.3. The first-order chi connectivity index (χ1) is 20.8. The largest absolute Gasteiger partial charge is 0.452 e. The van der Waals surface area contributed by atoms with Crippen LogP contribution in [0.1, 0.15) is 0 Å². The van der Waals surface area contributed by atoms with Crippen molar-refractivity contribution >= 4 is 49.9 Å². The molecule has 8 aromatic rings. The van der Waals surface area contributed by atoms with Crippen LogP contribution in [0.3, 0.4) is 0 Å². The molecule has 2 heterocycles.